The van der Waals surface area contributed by atoms with Crippen molar-refractivity contribution in [2.75, 3.05) is 5.73 Å². The molecule has 6 nitrogen and oxygen atoms in total. The summed E-state index contributed by atoms with van der Waals surface area (Å²) in [6, 6.07) is 1.65. The number of anilines is 1. The third-order valence-corrected chi connectivity index (χ3v) is 2.30. The molecule has 2 rings (SSSR count). The monoisotopic (exact) mass is 219 g/mol. The van der Waals surface area contributed by atoms with Gasteiger partial charge in [-0.25, -0.2) is 9.97 Å². The van der Waals surface area contributed by atoms with E-state index in [0.29, 0.717) is 5.82 Å². The number of nitrogens with one attached hydrogen (secondary N) is 1. The maximum absolute atomic E-state index is 11.8. The summed E-state index contributed by atoms with van der Waals surface area (Å²) < 4.78 is 1.34. The highest BCUT2D eigenvalue weighted by molar-refractivity contribution is 5.42. The normalized spacial score (nSPS) is 10.6. The van der Waals surface area contributed by atoms with E-state index < -0.39 is 0 Å². The van der Waals surface area contributed by atoms with Crippen LogP contribution in [0.3, 0.4) is 0 Å². The third-order valence-electron chi connectivity index (χ3n) is 2.30. The lowest BCUT2D eigenvalue weighted by molar-refractivity contribution is 0.772. The van der Waals surface area contributed by atoms with Crippen LogP contribution in [0.25, 0.3) is 5.82 Å². The molecule has 0 aliphatic heterocycles. The second kappa shape index (κ2) is 4.18. The zero-order valence-corrected chi connectivity index (χ0v) is 8.97. The molecule has 6 heteroatoms. The zero-order chi connectivity index (χ0) is 11.5. The summed E-state index contributed by atoms with van der Waals surface area (Å²) in [6.07, 6.45) is 4.64. The second-order valence-electron chi connectivity index (χ2n) is 3.46. The van der Waals surface area contributed by atoms with Crippen LogP contribution in [0.5, 0.6) is 0 Å². The van der Waals surface area contributed by atoms with Gasteiger partial charge in [-0.15, -0.1) is 0 Å². The molecule has 0 fully saturated rings. The topological polar surface area (TPSA) is 89.6 Å². The predicted molar refractivity (Wildman–Crippen MR) is 60.4 cm³/mol. The molecule has 2 aromatic rings. The SMILES string of the molecule is CCCc1[nH]n(-c2ccncn2)c(=O)c1N. The highest BCUT2D eigenvalue weighted by Gasteiger charge is 2.11. The quantitative estimate of drug-likeness (QED) is 0.786. The van der Waals surface area contributed by atoms with Crippen LogP contribution in [0.1, 0.15) is 19.0 Å². The van der Waals surface area contributed by atoms with E-state index in [2.05, 4.69) is 15.1 Å². The number of nitrogen functional groups attached to an aromatic ring is 1. The number of aromatic amines is 1. The Balaban J connectivity index is 2.51. The second-order valence-corrected chi connectivity index (χ2v) is 3.46. The Hall–Kier alpha value is -2.11. The summed E-state index contributed by atoms with van der Waals surface area (Å²) in [5.41, 5.74) is 6.48. The number of hydrogen-bond acceptors (Lipinski definition) is 4. The van der Waals surface area contributed by atoms with Crippen LogP contribution in [0.4, 0.5) is 5.69 Å². The molecule has 16 heavy (non-hydrogen) atoms. The average molecular weight is 219 g/mol. The fourth-order valence-corrected chi connectivity index (χ4v) is 1.51. The molecule has 0 aliphatic rings. The molecule has 0 aliphatic carbocycles. The van der Waals surface area contributed by atoms with Gasteiger partial charge in [-0.1, -0.05) is 13.3 Å². The Kier molecular flexibility index (Phi) is 2.72. The minimum Gasteiger partial charge on any atom is -0.393 e. The van der Waals surface area contributed by atoms with E-state index in [9.17, 15) is 4.79 Å². The summed E-state index contributed by atoms with van der Waals surface area (Å²) in [4.78, 5) is 19.6. The number of nitrogens with zero attached hydrogens (tertiary/aromatic N) is 3. The first kappa shape index (κ1) is 10.4. The van der Waals surface area contributed by atoms with Crippen molar-refractivity contribution >= 4 is 5.69 Å². The Morgan fingerprint density at radius 2 is 2.38 bits per heavy atom. The van der Waals surface area contributed by atoms with Gasteiger partial charge in [0.2, 0.25) is 0 Å². The van der Waals surface area contributed by atoms with Gasteiger partial charge < -0.3 is 5.73 Å². The molecule has 0 unspecified atom stereocenters. The van der Waals surface area contributed by atoms with Gasteiger partial charge >= 0.3 is 0 Å². The van der Waals surface area contributed by atoms with E-state index >= 15 is 0 Å². The van der Waals surface area contributed by atoms with Crippen molar-refractivity contribution in [2.24, 2.45) is 0 Å². The first-order chi connectivity index (χ1) is 7.74. The van der Waals surface area contributed by atoms with Gasteiger partial charge in [-0.3, -0.25) is 9.89 Å². The van der Waals surface area contributed by atoms with Crippen molar-refractivity contribution in [1.82, 2.24) is 19.7 Å². The molecular formula is C10H13N5O. The van der Waals surface area contributed by atoms with Crippen LogP contribution in [0.2, 0.25) is 0 Å². The molecule has 0 saturated heterocycles. The lowest BCUT2D eigenvalue weighted by Gasteiger charge is -1.98. The van der Waals surface area contributed by atoms with Crippen molar-refractivity contribution < 1.29 is 0 Å². The van der Waals surface area contributed by atoms with E-state index in [1.807, 2.05) is 6.92 Å². The van der Waals surface area contributed by atoms with Crippen LogP contribution < -0.4 is 11.3 Å². The van der Waals surface area contributed by atoms with Crippen LogP contribution in [0, 0.1) is 0 Å². The van der Waals surface area contributed by atoms with Crippen LogP contribution in [-0.4, -0.2) is 19.7 Å². The number of aromatic nitrogens is 4. The molecular weight excluding hydrogens is 206 g/mol. The summed E-state index contributed by atoms with van der Waals surface area (Å²) in [5, 5.41) is 2.96. The van der Waals surface area contributed by atoms with E-state index in [1.165, 1.54) is 11.0 Å². The Labute approximate surface area is 92.1 Å². The molecule has 0 spiro atoms. The van der Waals surface area contributed by atoms with Gasteiger partial charge in [0.15, 0.2) is 5.82 Å². The number of hydrogen-bond donors (Lipinski definition) is 2. The molecule has 84 valence electrons. The molecule has 3 N–H and O–H groups in total. The van der Waals surface area contributed by atoms with Crippen molar-refractivity contribution in [3.05, 3.63) is 34.6 Å². The zero-order valence-electron chi connectivity index (χ0n) is 8.97. The summed E-state index contributed by atoms with van der Waals surface area (Å²) in [6.45, 7) is 2.03. The minimum absolute atomic E-state index is 0.262. The first-order valence-electron chi connectivity index (χ1n) is 5.09. The molecule has 0 bridgehead atoms. The molecule has 0 radical (unpaired) electrons. The highest BCUT2D eigenvalue weighted by atomic mass is 16.1. The molecule has 2 aromatic heterocycles. The summed E-state index contributed by atoms with van der Waals surface area (Å²) >= 11 is 0. The summed E-state index contributed by atoms with van der Waals surface area (Å²) in [7, 11) is 0. The lowest BCUT2D eigenvalue weighted by atomic mass is 10.2. The predicted octanol–water partition coefficient (Wildman–Crippen LogP) is 0.490. The largest absolute Gasteiger partial charge is 0.393 e. The maximum Gasteiger partial charge on any atom is 0.296 e. The Bertz CT molecular complexity index is 528. The molecule has 2 heterocycles. The fraction of sp³-hybridized carbons (Fsp3) is 0.300. The maximum atomic E-state index is 11.8. The van der Waals surface area contributed by atoms with Gasteiger partial charge in [0.1, 0.15) is 12.0 Å². The molecule has 0 amide bonds. The molecule has 0 atom stereocenters. The average Bonchev–Trinajstić information content (AvgIpc) is 2.59. The van der Waals surface area contributed by atoms with E-state index in [-0.39, 0.29) is 11.2 Å². The fourth-order valence-electron chi connectivity index (χ4n) is 1.51. The number of rotatable bonds is 3. The van der Waals surface area contributed by atoms with Crippen molar-refractivity contribution in [2.45, 2.75) is 19.8 Å². The number of aryl methyl sites for hydroxylation is 1. The smallest absolute Gasteiger partial charge is 0.296 e. The van der Waals surface area contributed by atoms with Gasteiger partial charge in [-0.2, -0.15) is 4.68 Å². The van der Waals surface area contributed by atoms with Gasteiger partial charge in [0, 0.05) is 12.3 Å². The number of nitrogens with two attached hydrogens (primary N) is 1. The summed E-state index contributed by atoms with van der Waals surface area (Å²) in [5.74, 6) is 0.494. The Morgan fingerprint density at radius 3 is 3.00 bits per heavy atom. The standard InChI is InChI=1S/C10H13N5O/c1-2-3-7-9(11)10(16)15(14-7)8-4-5-12-6-13-8/h4-6,14H,2-3,11H2,1H3. The van der Waals surface area contributed by atoms with E-state index in [0.717, 1.165) is 18.5 Å². The minimum atomic E-state index is -0.262. The number of H-pyrrole nitrogens is 1. The van der Waals surface area contributed by atoms with Crippen molar-refractivity contribution in [3.63, 3.8) is 0 Å². The van der Waals surface area contributed by atoms with Crippen LogP contribution >= 0.6 is 0 Å². The Morgan fingerprint density at radius 1 is 1.56 bits per heavy atom. The van der Waals surface area contributed by atoms with Crippen LogP contribution in [0.15, 0.2) is 23.4 Å². The van der Waals surface area contributed by atoms with Crippen LogP contribution in [-0.2, 0) is 6.42 Å². The lowest BCUT2D eigenvalue weighted by Crippen LogP contribution is -2.17. The van der Waals surface area contributed by atoms with E-state index in [4.69, 9.17) is 5.73 Å². The van der Waals surface area contributed by atoms with Gasteiger partial charge in [0.25, 0.3) is 5.56 Å². The van der Waals surface area contributed by atoms with Gasteiger partial charge in [-0.05, 0) is 6.42 Å². The molecule has 0 aromatic carbocycles. The van der Waals surface area contributed by atoms with Crippen molar-refractivity contribution in [1.29, 1.82) is 0 Å². The third kappa shape index (κ3) is 1.69. The van der Waals surface area contributed by atoms with Gasteiger partial charge in [0.05, 0.1) is 5.69 Å². The van der Waals surface area contributed by atoms with Crippen molar-refractivity contribution in [3.8, 4) is 5.82 Å². The first-order valence-corrected chi connectivity index (χ1v) is 5.09. The molecule has 0 saturated carbocycles. The highest BCUT2D eigenvalue weighted by Crippen LogP contribution is 2.08. The van der Waals surface area contributed by atoms with E-state index in [1.54, 1.807) is 12.3 Å².